The number of carbonyl (C=O) groups excluding carboxylic acids is 10. The third-order valence-corrected chi connectivity index (χ3v) is 14.4. The maximum Gasteiger partial charge on any atom is 0.469 e. The van der Waals surface area contributed by atoms with Crippen molar-refractivity contribution in [2.45, 2.75) is 119 Å². The number of hydrogen-bond acceptors (Lipinski definition) is 17. The average molecular weight is 1240 g/mol. The first-order valence-corrected chi connectivity index (χ1v) is 29.5. The minimum Gasteiger partial charge on any atom is -0.481 e. The van der Waals surface area contributed by atoms with E-state index < -0.39 is 193 Å². The van der Waals surface area contributed by atoms with E-state index in [-0.39, 0.29) is 64.1 Å². The summed E-state index contributed by atoms with van der Waals surface area (Å²) < 4.78 is 33.2. The van der Waals surface area contributed by atoms with Gasteiger partial charge in [0.05, 0.1) is 26.3 Å². The second kappa shape index (κ2) is 31.2. The highest BCUT2D eigenvalue weighted by molar-refractivity contribution is 7.46. The monoisotopic (exact) mass is 1240 g/mol. The number of fused-ring (bicyclic) bond motifs is 3. The first-order chi connectivity index (χ1) is 40.0. The lowest BCUT2D eigenvalue weighted by atomic mass is 10.0. The maximum atomic E-state index is 14.5. The summed E-state index contributed by atoms with van der Waals surface area (Å²) in [6.45, 7) is -4.96. The van der Waals surface area contributed by atoms with Gasteiger partial charge in [-0.05, 0) is 63.0 Å². The predicted molar refractivity (Wildman–Crippen MR) is 289 cm³/mol. The van der Waals surface area contributed by atoms with Gasteiger partial charge < -0.3 is 98.6 Å². The summed E-state index contributed by atoms with van der Waals surface area (Å²) in [7, 11) is -10.9. The van der Waals surface area contributed by atoms with Crippen molar-refractivity contribution in [2.75, 3.05) is 45.9 Å². The number of benzene rings is 1. The van der Waals surface area contributed by atoms with Crippen LogP contribution in [-0.2, 0) is 82.1 Å². The molecule has 0 bridgehead atoms. The number of nitrogens with zero attached hydrogens (tertiary/aromatic N) is 3. The number of carboxylic acid groups (broad SMARTS) is 2. The van der Waals surface area contributed by atoms with E-state index in [4.69, 9.17) is 11.5 Å². The molecule has 36 nitrogen and oxygen atoms in total. The highest BCUT2D eigenvalue weighted by atomic mass is 31.2. The van der Waals surface area contributed by atoms with Crippen LogP contribution in [0, 0.1) is 0 Å². The smallest absolute Gasteiger partial charge is 0.469 e. The van der Waals surface area contributed by atoms with Crippen LogP contribution in [-0.4, -0.2) is 216 Å². The number of amides is 10. The van der Waals surface area contributed by atoms with Crippen LogP contribution in [0.4, 0.5) is 0 Å². The summed E-state index contributed by atoms with van der Waals surface area (Å²) in [6.07, 6.45) is -1.87. The first-order valence-electron chi connectivity index (χ1n) is 26.4. The number of nitrogens with one attached hydrogen (secondary N) is 9. The van der Waals surface area contributed by atoms with Crippen LogP contribution in [0.1, 0.15) is 69.8 Å². The molecule has 38 heteroatoms. The minimum atomic E-state index is -5.44. The summed E-state index contributed by atoms with van der Waals surface area (Å²) in [5.74, 6) is -14.6. The van der Waals surface area contributed by atoms with E-state index in [1.807, 2.05) is 0 Å². The highest BCUT2D eigenvalue weighted by Gasteiger charge is 2.42. The molecule has 8 atom stereocenters. The molecular formula is C47H68N14O22P2. The number of carboxylic acids is 2. The molecule has 5 rings (SSSR count). The number of guanidine groups is 1. The number of hydrogen-bond donors (Lipinski definition) is 17. The summed E-state index contributed by atoms with van der Waals surface area (Å²) in [5, 5.41) is 38.1. The van der Waals surface area contributed by atoms with E-state index in [1.165, 1.54) is 6.20 Å². The van der Waals surface area contributed by atoms with E-state index in [1.54, 1.807) is 24.3 Å². The van der Waals surface area contributed by atoms with Crippen molar-refractivity contribution in [3.8, 4) is 0 Å². The van der Waals surface area contributed by atoms with Gasteiger partial charge in [-0.25, -0.2) is 9.13 Å². The lowest BCUT2D eigenvalue weighted by Gasteiger charge is -2.30. The number of aliphatic carboxylic acids is 2. The lowest BCUT2D eigenvalue weighted by molar-refractivity contribution is -0.143. The van der Waals surface area contributed by atoms with Gasteiger partial charge in [-0.1, -0.05) is 18.2 Å². The number of aliphatic imine (C=N–C) groups is 1. The van der Waals surface area contributed by atoms with Crippen LogP contribution in [0.25, 0.3) is 10.9 Å². The number of phosphoric ester groups is 2. The molecule has 4 heterocycles. The zero-order valence-electron chi connectivity index (χ0n) is 45.3. The lowest BCUT2D eigenvalue weighted by Crippen LogP contribution is -2.60. The fourth-order valence-corrected chi connectivity index (χ4v) is 10.1. The van der Waals surface area contributed by atoms with Crippen molar-refractivity contribution in [1.82, 2.24) is 57.3 Å². The fourth-order valence-electron chi connectivity index (χ4n) is 9.42. The van der Waals surface area contributed by atoms with Gasteiger partial charge in [0, 0.05) is 56.0 Å². The van der Waals surface area contributed by atoms with Gasteiger partial charge >= 0.3 is 27.6 Å². The van der Waals surface area contributed by atoms with E-state index >= 15 is 0 Å². The molecule has 3 aliphatic rings. The number of phosphoric acid groups is 2. The Morgan fingerprint density at radius 1 is 0.588 bits per heavy atom. The molecular weight excluding hydrogens is 1170 g/mol. The molecule has 0 aliphatic carbocycles. The number of carbonyl (C=O) groups is 12. The van der Waals surface area contributed by atoms with Crippen molar-refractivity contribution < 1.29 is 105 Å². The second-order valence-corrected chi connectivity index (χ2v) is 22.2. The van der Waals surface area contributed by atoms with Gasteiger partial charge in [0.15, 0.2) is 5.96 Å². The molecule has 2 aromatic rings. The predicted octanol–water partition coefficient (Wildman–Crippen LogP) is -6.15. The molecule has 85 heavy (non-hydrogen) atoms. The topological polar surface area (TPSA) is 562 Å². The van der Waals surface area contributed by atoms with E-state index in [0.717, 1.165) is 9.80 Å². The maximum absolute atomic E-state index is 14.5. The number of rotatable bonds is 18. The van der Waals surface area contributed by atoms with Crippen molar-refractivity contribution in [2.24, 2.45) is 16.5 Å². The summed E-state index contributed by atoms with van der Waals surface area (Å²) in [5.41, 5.74) is 11.8. The van der Waals surface area contributed by atoms with Crippen LogP contribution in [0.15, 0.2) is 35.5 Å². The summed E-state index contributed by atoms with van der Waals surface area (Å²) in [4.78, 5) is 211. The molecule has 3 fully saturated rings. The van der Waals surface area contributed by atoms with Crippen LogP contribution in [0.2, 0.25) is 0 Å². The molecule has 19 N–H and O–H groups in total. The van der Waals surface area contributed by atoms with Gasteiger partial charge in [-0.2, -0.15) is 0 Å². The van der Waals surface area contributed by atoms with Gasteiger partial charge in [0.25, 0.3) is 0 Å². The molecule has 468 valence electrons. The molecule has 1 aromatic heterocycles. The van der Waals surface area contributed by atoms with Gasteiger partial charge in [0.1, 0.15) is 48.3 Å². The summed E-state index contributed by atoms with van der Waals surface area (Å²) in [6, 6.07) is -7.34. The Balaban J connectivity index is 1.55. The Hall–Kier alpha value is -8.11. The molecule has 0 saturated carbocycles. The minimum absolute atomic E-state index is 0.0386. The first kappa shape index (κ1) is 67.7. The standard InChI is InChI=1S/C47H68N14O22P2/c48-47(49)50-15-3-8-27-39(68)57-29(12-14-38(66)67)45(74)60-16-4-9-33(60)43(72)53-21-36(63)55-31(22-82-84(76,77)78)42(71)58-30(18-24-19-51-26-7-2-1-6-25(24)26)41(70)59-32(23-83-85(79,80)81)46(75)61-17-5-10-34(61)44(73)52-20-35(62)54-28(40(69)56-27)11-13-37(64)65/h1-2,6-7,19,27-34,51H,3-5,8-18,20-23H2,(H,52,73)(H,53,72)(H,54,62)(H,55,63)(H,56,69)(H,57,68)(H,58,71)(H,59,70)(H,64,65)(H,66,67)(H4,48,49,50)(H2,76,77,78)(H2,79,80,81)/t27-,28-,29-,30-,31-,32-,33-,34-/m0/s1. The quantitative estimate of drug-likeness (QED) is 0.0286. The third kappa shape index (κ3) is 21.5. The molecule has 1 aromatic carbocycles. The molecule has 10 amide bonds. The third-order valence-electron chi connectivity index (χ3n) is 13.5. The zero-order valence-corrected chi connectivity index (χ0v) is 47.1. The van der Waals surface area contributed by atoms with E-state index in [2.05, 4.69) is 61.6 Å². The molecule has 0 spiro atoms. The Kier molecular flexibility index (Phi) is 24.8. The number of nitrogens with two attached hydrogens (primary N) is 2. The Labute approximate surface area is 482 Å². The second-order valence-electron chi connectivity index (χ2n) is 19.7. The normalized spacial score (nSPS) is 24.3. The van der Waals surface area contributed by atoms with Gasteiger partial charge in [0.2, 0.25) is 59.1 Å². The SMILES string of the molecule is NC(N)=NCCC[C@@H]1NC(=O)[C@H](CCC(=O)O)NC(=O)CNC(=O)[C@@H]2CCCN2C(=O)[C@H](COP(=O)(O)O)NC(=O)[C@H](Cc2c[nH]c3ccccc23)NC(=O)[C@H](COP(=O)(O)O)NC(=O)CNC(=O)[C@@H]2CCCN2C(=O)[C@H](CCC(=O)O)NC1=O. The largest absolute Gasteiger partial charge is 0.481 e. The van der Waals surface area contributed by atoms with Gasteiger partial charge in [-0.3, -0.25) is 71.6 Å². The number of aromatic nitrogens is 1. The summed E-state index contributed by atoms with van der Waals surface area (Å²) >= 11 is 0. The molecule has 0 radical (unpaired) electrons. The van der Waals surface area contributed by atoms with Crippen LogP contribution in [0.5, 0.6) is 0 Å². The average Bonchev–Trinajstić information content (AvgIpc) is 3.33. The highest BCUT2D eigenvalue weighted by Crippen LogP contribution is 2.37. The van der Waals surface area contributed by atoms with E-state index in [0.29, 0.717) is 16.5 Å². The van der Waals surface area contributed by atoms with Crippen LogP contribution < -0.4 is 54.0 Å². The van der Waals surface area contributed by atoms with Crippen molar-refractivity contribution in [1.29, 1.82) is 0 Å². The molecule has 3 saturated heterocycles. The number of aromatic amines is 1. The number of para-hydroxylation sites is 1. The van der Waals surface area contributed by atoms with Crippen LogP contribution >= 0.6 is 15.6 Å². The van der Waals surface area contributed by atoms with Crippen molar-refractivity contribution in [3.63, 3.8) is 0 Å². The Morgan fingerprint density at radius 3 is 1.58 bits per heavy atom. The van der Waals surface area contributed by atoms with Crippen molar-refractivity contribution >= 4 is 104 Å². The van der Waals surface area contributed by atoms with E-state index in [9.17, 15) is 96.5 Å². The van der Waals surface area contributed by atoms with Crippen LogP contribution in [0.3, 0.4) is 0 Å². The molecule has 0 unspecified atom stereocenters. The van der Waals surface area contributed by atoms with Gasteiger partial charge in [-0.15, -0.1) is 0 Å². The zero-order chi connectivity index (χ0) is 62.8. The number of H-pyrrole nitrogens is 1. The Bertz CT molecular complexity index is 2970. The van der Waals surface area contributed by atoms with Crippen molar-refractivity contribution in [3.05, 3.63) is 36.0 Å². The fraction of sp³-hybridized carbons (Fsp3) is 0.553. The Morgan fingerprint density at radius 2 is 1.04 bits per heavy atom. The molecule has 3 aliphatic heterocycles.